The predicted molar refractivity (Wildman–Crippen MR) is 102 cm³/mol. The topological polar surface area (TPSA) is 105 Å². The molecule has 0 aliphatic rings. The molecule has 2 aromatic heterocycles. The van der Waals surface area contributed by atoms with E-state index in [1.54, 1.807) is 42.5 Å². The maximum Gasteiger partial charge on any atom is 0.336 e. The molecule has 0 aliphatic heterocycles. The smallest absolute Gasteiger partial charge is 0.336 e. The second-order valence-corrected chi connectivity index (χ2v) is 5.90. The van der Waals surface area contributed by atoms with Crippen LogP contribution in [0.25, 0.3) is 22.3 Å². The van der Waals surface area contributed by atoms with Crippen molar-refractivity contribution >= 4 is 29.1 Å². The van der Waals surface area contributed by atoms with Crippen LogP contribution in [-0.2, 0) is 0 Å². The standard InChI is InChI=1S/C21H14N2O5/c24-20(19-11-13-5-1-4-8-17(13)28-19)23-22-12-14-9-10-18(27-14)15-6-2-3-7-16(15)21(25)26/h1-12H,(H,23,24)(H,25,26)/b22-12+. The lowest BCUT2D eigenvalue weighted by Crippen LogP contribution is -2.16. The lowest BCUT2D eigenvalue weighted by Gasteiger charge is -2.01. The minimum Gasteiger partial charge on any atom is -0.478 e. The average molecular weight is 374 g/mol. The van der Waals surface area contributed by atoms with Gasteiger partial charge in [-0.25, -0.2) is 10.2 Å². The van der Waals surface area contributed by atoms with Crippen molar-refractivity contribution < 1.29 is 23.5 Å². The number of aromatic carboxylic acids is 1. The van der Waals surface area contributed by atoms with Gasteiger partial charge in [0.1, 0.15) is 17.1 Å². The van der Waals surface area contributed by atoms with Crippen LogP contribution in [0.15, 0.2) is 80.7 Å². The van der Waals surface area contributed by atoms with Crippen molar-refractivity contribution in [3.05, 3.63) is 83.8 Å². The molecule has 0 atom stereocenters. The molecule has 1 amide bonds. The number of benzene rings is 2. The summed E-state index contributed by atoms with van der Waals surface area (Å²) in [5.41, 5.74) is 3.58. The van der Waals surface area contributed by atoms with Crippen molar-refractivity contribution in [1.29, 1.82) is 0 Å². The average Bonchev–Trinajstić information content (AvgIpc) is 3.35. The van der Waals surface area contributed by atoms with E-state index in [2.05, 4.69) is 10.5 Å². The molecule has 28 heavy (non-hydrogen) atoms. The summed E-state index contributed by atoms with van der Waals surface area (Å²) in [5.74, 6) is -0.632. The number of fused-ring (bicyclic) bond motifs is 1. The molecule has 0 saturated carbocycles. The molecule has 0 fully saturated rings. The molecule has 0 radical (unpaired) electrons. The molecular weight excluding hydrogens is 360 g/mol. The maximum absolute atomic E-state index is 12.1. The normalized spacial score (nSPS) is 11.1. The molecule has 0 unspecified atom stereocenters. The Hall–Kier alpha value is -4.13. The predicted octanol–water partition coefficient (Wildman–Crippen LogP) is 4.15. The highest BCUT2D eigenvalue weighted by Gasteiger charge is 2.14. The number of furan rings is 2. The van der Waals surface area contributed by atoms with E-state index in [-0.39, 0.29) is 11.3 Å². The first kappa shape index (κ1) is 17.3. The number of hydrazone groups is 1. The first-order chi connectivity index (χ1) is 13.6. The van der Waals surface area contributed by atoms with Gasteiger partial charge >= 0.3 is 11.9 Å². The van der Waals surface area contributed by atoms with Crippen molar-refractivity contribution in [2.75, 3.05) is 0 Å². The first-order valence-corrected chi connectivity index (χ1v) is 8.36. The van der Waals surface area contributed by atoms with Gasteiger partial charge in [-0.1, -0.05) is 36.4 Å². The van der Waals surface area contributed by atoms with Crippen molar-refractivity contribution in [2.24, 2.45) is 5.10 Å². The van der Waals surface area contributed by atoms with Crippen molar-refractivity contribution in [3.8, 4) is 11.3 Å². The van der Waals surface area contributed by atoms with Crippen LogP contribution in [0.2, 0.25) is 0 Å². The summed E-state index contributed by atoms with van der Waals surface area (Å²) >= 11 is 0. The minimum absolute atomic E-state index is 0.138. The number of para-hydroxylation sites is 1. The second kappa shape index (κ2) is 7.24. The zero-order valence-electron chi connectivity index (χ0n) is 14.5. The van der Waals surface area contributed by atoms with E-state index in [0.29, 0.717) is 22.7 Å². The maximum atomic E-state index is 12.1. The van der Waals surface area contributed by atoms with Crippen LogP contribution in [0.3, 0.4) is 0 Å². The number of carboxylic acids is 1. The minimum atomic E-state index is -1.04. The summed E-state index contributed by atoms with van der Waals surface area (Å²) < 4.78 is 11.1. The van der Waals surface area contributed by atoms with Crippen LogP contribution in [-0.4, -0.2) is 23.2 Å². The number of rotatable bonds is 5. The van der Waals surface area contributed by atoms with Crippen LogP contribution in [0.5, 0.6) is 0 Å². The summed E-state index contributed by atoms with van der Waals surface area (Å²) in [6, 6.07) is 18.7. The molecule has 0 spiro atoms. The Morgan fingerprint density at radius 1 is 0.964 bits per heavy atom. The van der Waals surface area contributed by atoms with Crippen LogP contribution >= 0.6 is 0 Å². The molecule has 2 N–H and O–H groups in total. The Morgan fingerprint density at radius 2 is 1.75 bits per heavy atom. The summed E-state index contributed by atoms with van der Waals surface area (Å²) in [7, 11) is 0. The number of carbonyl (C=O) groups is 2. The largest absolute Gasteiger partial charge is 0.478 e. The summed E-state index contributed by atoms with van der Waals surface area (Å²) in [6.07, 6.45) is 1.33. The Morgan fingerprint density at radius 3 is 2.57 bits per heavy atom. The van der Waals surface area contributed by atoms with Crippen molar-refractivity contribution in [1.82, 2.24) is 5.43 Å². The van der Waals surface area contributed by atoms with E-state index in [0.717, 1.165) is 5.39 Å². The molecule has 0 aliphatic carbocycles. The van der Waals surface area contributed by atoms with Gasteiger partial charge in [-0.05, 0) is 30.3 Å². The third-order valence-corrected chi connectivity index (χ3v) is 4.06. The molecular formula is C21H14N2O5. The van der Waals surface area contributed by atoms with Crippen molar-refractivity contribution in [2.45, 2.75) is 0 Å². The van der Waals surface area contributed by atoms with E-state index in [1.165, 1.54) is 12.3 Å². The van der Waals surface area contributed by atoms with E-state index in [1.807, 2.05) is 18.2 Å². The fourth-order valence-corrected chi connectivity index (χ4v) is 2.75. The van der Waals surface area contributed by atoms with E-state index >= 15 is 0 Å². The number of hydrogen-bond donors (Lipinski definition) is 2. The summed E-state index contributed by atoms with van der Waals surface area (Å²) in [6.45, 7) is 0. The number of amides is 1. The van der Waals surface area contributed by atoms with Gasteiger partial charge in [0.15, 0.2) is 5.76 Å². The van der Waals surface area contributed by atoms with Gasteiger partial charge in [-0.2, -0.15) is 5.10 Å². The van der Waals surface area contributed by atoms with Gasteiger partial charge in [-0.3, -0.25) is 4.79 Å². The van der Waals surface area contributed by atoms with E-state index < -0.39 is 11.9 Å². The second-order valence-electron chi connectivity index (χ2n) is 5.90. The Labute approximate surface area is 158 Å². The number of hydrogen-bond acceptors (Lipinski definition) is 5. The Balaban J connectivity index is 1.47. The number of nitrogens with one attached hydrogen (secondary N) is 1. The zero-order valence-corrected chi connectivity index (χ0v) is 14.5. The molecule has 0 bridgehead atoms. The zero-order chi connectivity index (χ0) is 19.5. The van der Waals surface area contributed by atoms with Crippen LogP contribution < -0.4 is 5.43 Å². The number of nitrogens with zero attached hydrogens (tertiary/aromatic N) is 1. The van der Waals surface area contributed by atoms with Crippen LogP contribution in [0.4, 0.5) is 0 Å². The van der Waals surface area contributed by atoms with Gasteiger partial charge in [0.25, 0.3) is 0 Å². The van der Waals surface area contributed by atoms with Gasteiger partial charge in [0.2, 0.25) is 0 Å². The fourth-order valence-electron chi connectivity index (χ4n) is 2.75. The number of carboxylic acid groups (broad SMARTS) is 1. The molecule has 4 rings (SSSR count). The third-order valence-electron chi connectivity index (χ3n) is 4.06. The Bertz CT molecular complexity index is 1170. The quantitative estimate of drug-likeness (QED) is 0.403. The third kappa shape index (κ3) is 3.41. The first-order valence-electron chi connectivity index (χ1n) is 8.36. The molecule has 7 heteroatoms. The molecule has 0 saturated heterocycles. The van der Waals surface area contributed by atoms with E-state index in [9.17, 15) is 14.7 Å². The van der Waals surface area contributed by atoms with Crippen LogP contribution in [0.1, 0.15) is 26.7 Å². The SMILES string of the molecule is O=C(N/N=C/c1ccc(-c2ccccc2C(=O)O)o1)c1cc2ccccc2o1. The van der Waals surface area contributed by atoms with Gasteiger partial charge in [0, 0.05) is 10.9 Å². The highest BCUT2D eigenvalue weighted by molar-refractivity contribution is 5.97. The number of carbonyl (C=O) groups excluding carboxylic acids is 1. The molecule has 2 aromatic carbocycles. The summed E-state index contributed by atoms with van der Waals surface area (Å²) in [4.78, 5) is 23.5. The molecule has 4 aromatic rings. The highest BCUT2D eigenvalue weighted by Crippen LogP contribution is 2.25. The lowest BCUT2D eigenvalue weighted by atomic mass is 10.1. The Kier molecular flexibility index (Phi) is 4.47. The highest BCUT2D eigenvalue weighted by atomic mass is 16.4. The lowest BCUT2D eigenvalue weighted by molar-refractivity contribution is 0.0697. The fraction of sp³-hybridized carbons (Fsp3) is 0. The van der Waals surface area contributed by atoms with Gasteiger partial charge in [0.05, 0.1) is 11.8 Å². The van der Waals surface area contributed by atoms with Crippen LogP contribution in [0, 0.1) is 0 Å². The summed E-state index contributed by atoms with van der Waals surface area (Å²) in [5, 5.41) is 14.0. The van der Waals surface area contributed by atoms with Gasteiger partial charge in [-0.15, -0.1) is 0 Å². The van der Waals surface area contributed by atoms with Gasteiger partial charge < -0.3 is 13.9 Å². The van der Waals surface area contributed by atoms with E-state index in [4.69, 9.17) is 8.83 Å². The molecule has 138 valence electrons. The van der Waals surface area contributed by atoms with Crippen molar-refractivity contribution in [3.63, 3.8) is 0 Å². The molecule has 2 heterocycles. The molecule has 7 nitrogen and oxygen atoms in total. The monoisotopic (exact) mass is 374 g/mol.